The highest BCUT2D eigenvalue weighted by atomic mass is 16.5. The van der Waals surface area contributed by atoms with Gasteiger partial charge >= 0.3 is 5.97 Å². The third kappa shape index (κ3) is 3.89. The van der Waals surface area contributed by atoms with Crippen molar-refractivity contribution in [2.45, 2.75) is 26.4 Å². The van der Waals surface area contributed by atoms with Crippen molar-refractivity contribution in [2.75, 3.05) is 7.11 Å². The topological polar surface area (TPSA) is 64.1 Å². The molecule has 0 spiro atoms. The van der Waals surface area contributed by atoms with Crippen LogP contribution in [0.15, 0.2) is 54.6 Å². The lowest BCUT2D eigenvalue weighted by Crippen LogP contribution is -2.32. The molecule has 0 radical (unpaired) electrons. The maximum Gasteiger partial charge on any atom is 0.310 e. The van der Waals surface area contributed by atoms with Gasteiger partial charge in [-0.1, -0.05) is 55.5 Å². The number of aromatic nitrogens is 2. The minimum Gasteiger partial charge on any atom is -0.469 e. The predicted octanol–water partition coefficient (Wildman–Crippen LogP) is 3.58. The number of para-hydroxylation sites is 1. The lowest BCUT2D eigenvalue weighted by atomic mass is 9.94. The minimum absolute atomic E-state index is 0.181. The highest BCUT2D eigenvalue weighted by Gasteiger charge is 2.26. The average molecular weight is 349 g/mol. The first-order chi connectivity index (χ1) is 12.6. The molecule has 3 aromatic rings. The summed E-state index contributed by atoms with van der Waals surface area (Å²) in [6.07, 6.45) is 0. The second kappa shape index (κ2) is 8.06. The van der Waals surface area contributed by atoms with E-state index in [1.807, 2.05) is 68.4 Å². The summed E-state index contributed by atoms with van der Waals surface area (Å²) < 4.78 is 4.93. The van der Waals surface area contributed by atoms with Gasteiger partial charge in [-0.25, -0.2) is 9.97 Å². The third-order valence-corrected chi connectivity index (χ3v) is 4.55. The Bertz CT molecular complexity index is 896. The summed E-state index contributed by atoms with van der Waals surface area (Å²) in [6.45, 7) is 4.31. The number of carbonyl (C=O) groups excluding carboxylic acids is 1. The van der Waals surface area contributed by atoms with Crippen LogP contribution in [0.1, 0.15) is 30.0 Å². The van der Waals surface area contributed by atoms with E-state index in [2.05, 4.69) is 15.3 Å². The van der Waals surface area contributed by atoms with Crippen molar-refractivity contribution in [3.63, 3.8) is 0 Å². The fourth-order valence-electron chi connectivity index (χ4n) is 3.14. The summed E-state index contributed by atoms with van der Waals surface area (Å²) in [5, 5.41) is 4.49. The molecule has 0 saturated heterocycles. The second-order valence-corrected chi connectivity index (χ2v) is 6.32. The summed E-state index contributed by atoms with van der Waals surface area (Å²) in [7, 11) is 1.41. The minimum atomic E-state index is -0.330. The number of nitrogens with one attached hydrogen (secondary N) is 1. The van der Waals surface area contributed by atoms with Gasteiger partial charge in [-0.15, -0.1) is 0 Å². The molecule has 1 N–H and O–H groups in total. The molecule has 26 heavy (non-hydrogen) atoms. The first kappa shape index (κ1) is 18.0. The number of hydrogen-bond donors (Lipinski definition) is 1. The largest absolute Gasteiger partial charge is 0.469 e. The van der Waals surface area contributed by atoms with Crippen molar-refractivity contribution >= 4 is 16.9 Å². The summed E-state index contributed by atoms with van der Waals surface area (Å²) in [6, 6.07) is 17.7. The molecule has 1 heterocycles. The lowest BCUT2D eigenvalue weighted by Gasteiger charge is -2.24. The van der Waals surface area contributed by atoms with E-state index in [0.717, 1.165) is 22.2 Å². The monoisotopic (exact) mass is 349 g/mol. The van der Waals surface area contributed by atoms with E-state index in [9.17, 15) is 4.79 Å². The number of fused-ring (bicyclic) bond motifs is 1. The SMILES string of the molecule is COC(=O)[C@H](C)[C@@H](NCc1nc(C)c2ccccc2n1)c1ccccc1. The first-order valence-electron chi connectivity index (χ1n) is 8.68. The molecule has 2 aromatic carbocycles. The Morgan fingerprint density at radius 3 is 2.50 bits per heavy atom. The van der Waals surface area contributed by atoms with Crippen LogP contribution in [-0.2, 0) is 16.1 Å². The highest BCUT2D eigenvalue weighted by Crippen LogP contribution is 2.23. The fourth-order valence-corrected chi connectivity index (χ4v) is 3.14. The number of benzene rings is 2. The normalized spacial score (nSPS) is 13.3. The Hall–Kier alpha value is -2.79. The van der Waals surface area contributed by atoms with Crippen molar-refractivity contribution in [2.24, 2.45) is 5.92 Å². The van der Waals surface area contributed by atoms with Crippen LogP contribution in [0.25, 0.3) is 10.9 Å². The maximum atomic E-state index is 12.1. The number of carbonyl (C=O) groups is 1. The standard InChI is InChI=1S/C21H23N3O2/c1-14(21(25)26-3)20(16-9-5-4-6-10-16)22-13-19-23-15(2)17-11-7-8-12-18(17)24-19/h4-12,14,20,22H,13H2,1-3H3/t14-,20-/m1/s1. The Morgan fingerprint density at radius 2 is 1.77 bits per heavy atom. The van der Waals surface area contributed by atoms with Gasteiger partial charge in [0.15, 0.2) is 0 Å². The Kier molecular flexibility index (Phi) is 5.58. The van der Waals surface area contributed by atoms with Crippen LogP contribution >= 0.6 is 0 Å². The quantitative estimate of drug-likeness (QED) is 0.689. The smallest absolute Gasteiger partial charge is 0.310 e. The lowest BCUT2D eigenvalue weighted by molar-refractivity contribution is -0.146. The highest BCUT2D eigenvalue weighted by molar-refractivity contribution is 5.80. The number of nitrogens with zero attached hydrogens (tertiary/aromatic N) is 2. The first-order valence-corrected chi connectivity index (χ1v) is 8.68. The Morgan fingerprint density at radius 1 is 1.08 bits per heavy atom. The number of esters is 1. The number of methoxy groups -OCH3 is 1. The zero-order valence-electron chi connectivity index (χ0n) is 15.3. The van der Waals surface area contributed by atoms with Crippen LogP contribution in [0, 0.1) is 12.8 Å². The van der Waals surface area contributed by atoms with Gasteiger partial charge in [-0.3, -0.25) is 4.79 Å². The van der Waals surface area contributed by atoms with Gasteiger partial charge < -0.3 is 10.1 Å². The molecule has 3 rings (SSSR count). The van der Waals surface area contributed by atoms with Gasteiger partial charge in [0.2, 0.25) is 0 Å². The molecule has 5 nitrogen and oxygen atoms in total. The van der Waals surface area contributed by atoms with E-state index in [1.54, 1.807) is 0 Å². The molecular weight excluding hydrogens is 326 g/mol. The molecule has 134 valence electrons. The molecule has 0 amide bonds. The summed E-state index contributed by atoms with van der Waals surface area (Å²) in [5.74, 6) is 0.130. The molecule has 0 aliphatic rings. The summed E-state index contributed by atoms with van der Waals surface area (Å²) in [5.41, 5.74) is 2.90. The van der Waals surface area contributed by atoms with Crippen molar-refractivity contribution in [1.29, 1.82) is 0 Å². The van der Waals surface area contributed by atoms with E-state index in [-0.39, 0.29) is 17.9 Å². The molecule has 5 heteroatoms. The molecular formula is C21H23N3O2. The average Bonchev–Trinajstić information content (AvgIpc) is 2.68. The zero-order valence-corrected chi connectivity index (χ0v) is 15.3. The molecule has 0 unspecified atom stereocenters. The van der Waals surface area contributed by atoms with Gasteiger partial charge in [-0.05, 0) is 18.6 Å². The van der Waals surface area contributed by atoms with Crippen LogP contribution in [0.3, 0.4) is 0 Å². The molecule has 0 bridgehead atoms. The van der Waals surface area contributed by atoms with Gasteiger partial charge in [0, 0.05) is 17.1 Å². The second-order valence-electron chi connectivity index (χ2n) is 6.32. The Labute approximate surface area is 153 Å². The van der Waals surface area contributed by atoms with Crippen molar-refractivity contribution in [3.8, 4) is 0 Å². The van der Waals surface area contributed by atoms with Crippen LogP contribution in [0.2, 0.25) is 0 Å². The Balaban J connectivity index is 1.85. The van der Waals surface area contributed by atoms with Gasteiger partial charge in [-0.2, -0.15) is 0 Å². The van der Waals surface area contributed by atoms with Gasteiger partial charge in [0.25, 0.3) is 0 Å². The van der Waals surface area contributed by atoms with Crippen LogP contribution < -0.4 is 5.32 Å². The van der Waals surface area contributed by atoms with E-state index in [0.29, 0.717) is 12.4 Å². The summed E-state index contributed by atoms with van der Waals surface area (Å²) in [4.78, 5) is 21.3. The number of ether oxygens (including phenoxy) is 1. The number of aryl methyl sites for hydroxylation is 1. The van der Waals surface area contributed by atoms with Gasteiger partial charge in [0.05, 0.1) is 25.1 Å². The molecule has 0 aliphatic carbocycles. The maximum absolute atomic E-state index is 12.1. The van der Waals surface area contributed by atoms with Gasteiger partial charge in [0.1, 0.15) is 5.82 Å². The fraction of sp³-hybridized carbons (Fsp3) is 0.286. The predicted molar refractivity (Wildman–Crippen MR) is 101 cm³/mol. The molecule has 0 fully saturated rings. The molecule has 2 atom stereocenters. The molecule has 0 saturated carbocycles. The zero-order chi connectivity index (χ0) is 18.5. The summed E-state index contributed by atoms with van der Waals surface area (Å²) >= 11 is 0. The van der Waals surface area contributed by atoms with E-state index in [1.165, 1.54) is 7.11 Å². The number of rotatable bonds is 6. The van der Waals surface area contributed by atoms with E-state index in [4.69, 9.17) is 4.74 Å². The van der Waals surface area contributed by atoms with Crippen molar-refractivity contribution < 1.29 is 9.53 Å². The molecule has 1 aromatic heterocycles. The van der Waals surface area contributed by atoms with E-state index >= 15 is 0 Å². The number of hydrogen-bond acceptors (Lipinski definition) is 5. The molecule has 0 aliphatic heterocycles. The third-order valence-electron chi connectivity index (χ3n) is 4.55. The van der Waals surface area contributed by atoms with Crippen LogP contribution in [0.4, 0.5) is 0 Å². The van der Waals surface area contributed by atoms with Crippen molar-refractivity contribution in [1.82, 2.24) is 15.3 Å². The van der Waals surface area contributed by atoms with E-state index < -0.39 is 0 Å². The van der Waals surface area contributed by atoms with Crippen LogP contribution in [0.5, 0.6) is 0 Å². The van der Waals surface area contributed by atoms with Crippen LogP contribution in [-0.4, -0.2) is 23.0 Å². The van der Waals surface area contributed by atoms with Crippen molar-refractivity contribution in [3.05, 3.63) is 71.7 Å².